The van der Waals surface area contributed by atoms with Crippen LogP contribution in [0.3, 0.4) is 0 Å². The van der Waals surface area contributed by atoms with E-state index in [0.717, 1.165) is 33.8 Å². The molecule has 2 aliphatic rings. The van der Waals surface area contributed by atoms with Crippen molar-refractivity contribution in [2.45, 2.75) is 245 Å². The minimum absolute atomic E-state index is 0.483. The van der Waals surface area contributed by atoms with E-state index in [4.69, 9.17) is 9.97 Å². The molecule has 3 aromatic heterocycles. The summed E-state index contributed by atoms with van der Waals surface area (Å²) < 4.78 is 0. The van der Waals surface area contributed by atoms with Crippen molar-refractivity contribution in [3.8, 4) is 0 Å². The topological polar surface area (TPSA) is 57.4 Å². The average Bonchev–Trinajstić information content (AvgIpc) is 4.12. The smallest absolute Gasteiger partial charge is 0.0693 e. The highest BCUT2D eigenvalue weighted by Gasteiger charge is 2.21. The molecule has 0 aliphatic carbocycles. The van der Waals surface area contributed by atoms with Crippen molar-refractivity contribution in [3.63, 3.8) is 0 Å². The van der Waals surface area contributed by atoms with Crippen LogP contribution in [0.5, 0.6) is 0 Å². The Labute approximate surface area is 380 Å². The van der Waals surface area contributed by atoms with Crippen molar-refractivity contribution in [3.05, 3.63) is 70.3 Å². The summed E-state index contributed by atoms with van der Waals surface area (Å²) in [7, 11) is 0. The van der Waals surface area contributed by atoms with Gasteiger partial charge in [-0.1, -0.05) is 207 Å². The molecule has 342 valence electrons. The Morgan fingerprint density at radius 3 is 0.984 bits per heavy atom. The van der Waals surface area contributed by atoms with Gasteiger partial charge in [0.2, 0.25) is 0 Å². The zero-order valence-corrected chi connectivity index (χ0v) is 40.5. The SMILES string of the molecule is CCCCCCCCCCC(CCCCCCCC)c1c2nc(cc3nc(c(C(CCCCCCCC)CCCCCCCCCC)c4ccc(cc5ccc1[nH]5)[nH]4)C=C3)C=C2. The van der Waals surface area contributed by atoms with Crippen molar-refractivity contribution in [2.75, 3.05) is 0 Å². The van der Waals surface area contributed by atoms with Gasteiger partial charge >= 0.3 is 0 Å². The largest absolute Gasteiger partial charge is 0.355 e. The van der Waals surface area contributed by atoms with Crippen LogP contribution in [0.2, 0.25) is 0 Å². The monoisotopic (exact) mass is 843 g/mol. The summed E-state index contributed by atoms with van der Waals surface area (Å²) >= 11 is 0. The summed E-state index contributed by atoms with van der Waals surface area (Å²) in [5, 5.41) is 0. The number of fused-ring (bicyclic) bond motifs is 8. The van der Waals surface area contributed by atoms with Gasteiger partial charge in [-0.3, -0.25) is 0 Å². The molecule has 0 saturated carbocycles. The highest BCUT2D eigenvalue weighted by Crippen LogP contribution is 2.37. The van der Waals surface area contributed by atoms with Gasteiger partial charge in [-0.2, -0.15) is 0 Å². The summed E-state index contributed by atoms with van der Waals surface area (Å²) in [5.41, 5.74) is 11.9. The second-order valence-electron chi connectivity index (χ2n) is 19.3. The summed E-state index contributed by atoms with van der Waals surface area (Å²) in [6.45, 7) is 9.26. The summed E-state index contributed by atoms with van der Waals surface area (Å²) in [6.07, 6.45) is 51.7. The van der Waals surface area contributed by atoms with Gasteiger partial charge in [-0.25, -0.2) is 9.97 Å². The quantitative estimate of drug-likeness (QED) is 0.0405. The fourth-order valence-electron chi connectivity index (χ4n) is 10.2. The third-order valence-electron chi connectivity index (χ3n) is 13.9. The molecule has 0 aromatic carbocycles. The van der Waals surface area contributed by atoms with E-state index in [1.54, 1.807) is 0 Å². The number of unbranched alkanes of at least 4 members (excludes halogenated alkanes) is 24. The summed E-state index contributed by atoms with van der Waals surface area (Å²) in [6, 6.07) is 13.8. The van der Waals surface area contributed by atoms with E-state index in [-0.39, 0.29) is 0 Å². The van der Waals surface area contributed by atoms with Crippen LogP contribution < -0.4 is 0 Å². The van der Waals surface area contributed by atoms with Crippen molar-refractivity contribution < 1.29 is 0 Å². The average molecular weight is 843 g/mol. The molecule has 62 heavy (non-hydrogen) atoms. The molecular formula is C58H90N4. The van der Waals surface area contributed by atoms with E-state index in [1.165, 1.54) is 228 Å². The molecular weight excluding hydrogens is 753 g/mol. The van der Waals surface area contributed by atoms with Gasteiger partial charge in [-0.15, -0.1) is 0 Å². The second kappa shape index (κ2) is 29.9. The lowest BCUT2D eigenvalue weighted by Crippen LogP contribution is -2.03. The zero-order chi connectivity index (χ0) is 43.5. The third kappa shape index (κ3) is 17.3. The molecule has 0 saturated heterocycles. The molecule has 4 nitrogen and oxygen atoms in total. The Hall–Kier alpha value is -3.40. The predicted octanol–water partition coefficient (Wildman–Crippen LogP) is 19.4. The van der Waals surface area contributed by atoms with Crippen molar-refractivity contribution in [1.29, 1.82) is 0 Å². The van der Waals surface area contributed by atoms with Crippen LogP contribution in [0.4, 0.5) is 0 Å². The van der Waals surface area contributed by atoms with E-state index >= 15 is 0 Å². The van der Waals surface area contributed by atoms with Crippen LogP contribution in [0.15, 0.2) is 36.4 Å². The van der Waals surface area contributed by atoms with Crippen molar-refractivity contribution in [1.82, 2.24) is 19.9 Å². The first-order chi connectivity index (χ1) is 30.6. The normalized spacial score (nSPS) is 13.4. The molecule has 0 amide bonds. The maximum Gasteiger partial charge on any atom is 0.0693 e. The van der Waals surface area contributed by atoms with Crippen molar-refractivity contribution >= 4 is 46.4 Å². The maximum absolute atomic E-state index is 5.41. The van der Waals surface area contributed by atoms with Gasteiger partial charge in [0.05, 0.1) is 22.8 Å². The molecule has 2 N–H and O–H groups in total. The molecule has 0 fully saturated rings. The standard InChI is InChI=1S/C58H90N4/c1-5-9-13-17-21-23-27-31-35-47(33-29-25-19-15-11-7-3)57-53-41-37-49(59-53)45-51-39-43-55(61-51)58(56-44-40-52(62-56)46-50-38-42-54(57)60-50)48(34-30-26-20-16-12-8-4)36-32-28-24-22-18-14-10-6-2/h37-48,59,61H,5-36H2,1-4H3. The van der Waals surface area contributed by atoms with Crippen LogP contribution in [0.25, 0.3) is 46.4 Å². The fraction of sp³-hybridized carbons (Fsp3) is 0.655. The number of nitrogens with one attached hydrogen (secondary N) is 2. The van der Waals surface area contributed by atoms with Gasteiger partial charge < -0.3 is 9.97 Å². The Morgan fingerprint density at radius 2 is 0.661 bits per heavy atom. The van der Waals surface area contributed by atoms with E-state index in [0.29, 0.717) is 11.8 Å². The molecule has 4 heteroatoms. The first-order valence-electron chi connectivity index (χ1n) is 26.7. The minimum atomic E-state index is 0.483. The molecule has 2 unspecified atom stereocenters. The predicted molar refractivity (Wildman–Crippen MR) is 275 cm³/mol. The zero-order valence-electron chi connectivity index (χ0n) is 40.5. The summed E-state index contributed by atoms with van der Waals surface area (Å²) in [5.74, 6) is 0.967. The Bertz CT molecular complexity index is 1760. The lowest BCUT2D eigenvalue weighted by atomic mass is 9.87. The van der Waals surface area contributed by atoms with E-state index in [9.17, 15) is 0 Å². The molecule has 5 rings (SSSR count). The Morgan fingerprint density at radius 1 is 0.355 bits per heavy atom. The number of nitrogens with zero attached hydrogens (tertiary/aromatic N) is 2. The lowest BCUT2D eigenvalue weighted by molar-refractivity contribution is 0.485. The first-order valence-corrected chi connectivity index (χ1v) is 26.7. The number of aromatic amines is 2. The molecule has 3 aromatic rings. The number of rotatable bonds is 34. The second-order valence-corrected chi connectivity index (χ2v) is 19.3. The van der Waals surface area contributed by atoms with Gasteiger partial charge in [0, 0.05) is 33.2 Å². The van der Waals surface area contributed by atoms with Gasteiger partial charge in [0.25, 0.3) is 0 Å². The van der Waals surface area contributed by atoms with Gasteiger partial charge in [-0.05, 0) is 98.2 Å². The minimum Gasteiger partial charge on any atom is -0.355 e. The van der Waals surface area contributed by atoms with Crippen LogP contribution in [0.1, 0.15) is 279 Å². The number of hydrogen-bond donors (Lipinski definition) is 2. The fourth-order valence-corrected chi connectivity index (χ4v) is 10.2. The molecule has 8 bridgehead atoms. The van der Waals surface area contributed by atoms with Crippen molar-refractivity contribution in [2.24, 2.45) is 0 Å². The Balaban J connectivity index is 1.49. The van der Waals surface area contributed by atoms with Gasteiger partial charge in [0.15, 0.2) is 0 Å². The van der Waals surface area contributed by atoms with E-state index in [2.05, 4.69) is 98.4 Å². The number of H-pyrrole nitrogens is 2. The number of hydrogen-bond acceptors (Lipinski definition) is 2. The van der Waals surface area contributed by atoms with Crippen LogP contribution in [0, 0.1) is 0 Å². The highest BCUT2D eigenvalue weighted by molar-refractivity contribution is 5.81. The Kier molecular flexibility index (Phi) is 23.9. The van der Waals surface area contributed by atoms with Crippen LogP contribution >= 0.6 is 0 Å². The number of aromatic nitrogens is 4. The summed E-state index contributed by atoms with van der Waals surface area (Å²) in [4.78, 5) is 18.7. The lowest BCUT2D eigenvalue weighted by Gasteiger charge is -2.19. The highest BCUT2D eigenvalue weighted by atomic mass is 14.8. The molecule has 2 atom stereocenters. The molecule has 2 aliphatic heterocycles. The molecule has 0 radical (unpaired) electrons. The molecule has 5 heterocycles. The maximum atomic E-state index is 5.41. The van der Waals surface area contributed by atoms with Crippen LogP contribution in [-0.4, -0.2) is 19.9 Å². The first kappa shape index (κ1) is 49.6. The molecule has 0 spiro atoms. The van der Waals surface area contributed by atoms with E-state index in [1.807, 2.05) is 0 Å². The van der Waals surface area contributed by atoms with E-state index < -0.39 is 0 Å². The third-order valence-corrected chi connectivity index (χ3v) is 13.9. The van der Waals surface area contributed by atoms with Crippen LogP contribution in [-0.2, 0) is 0 Å². The van der Waals surface area contributed by atoms with Gasteiger partial charge in [0.1, 0.15) is 0 Å².